The molecule has 3 nitrogen and oxygen atoms in total. The first-order valence-electron chi connectivity index (χ1n) is 9.73. The lowest BCUT2D eigenvalue weighted by atomic mass is 10.1. The highest BCUT2D eigenvalue weighted by molar-refractivity contribution is 6.09. The molecule has 1 heterocycles. The van der Waals surface area contributed by atoms with E-state index in [9.17, 15) is 0 Å². The summed E-state index contributed by atoms with van der Waals surface area (Å²) in [6.45, 7) is 0. The molecule has 1 aromatic heterocycles. The maximum absolute atomic E-state index is 4.83. The van der Waals surface area contributed by atoms with Gasteiger partial charge in [0, 0.05) is 28.9 Å². The fourth-order valence-corrected chi connectivity index (χ4v) is 3.81. The molecule has 0 spiro atoms. The van der Waals surface area contributed by atoms with E-state index in [0.29, 0.717) is 0 Å². The smallest absolute Gasteiger partial charge is 0.0652 e. The number of anilines is 2. The van der Waals surface area contributed by atoms with Gasteiger partial charge in [0.1, 0.15) is 0 Å². The summed E-state index contributed by atoms with van der Waals surface area (Å²) in [5.41, 5.74) is 5.60. The first kappa shape index (κ1) is 17.3. The third-order valence-corrected chi connectivity index (χ3v) is 5.26. The minimum atomic E-state index is 1.03. The number of nitrogens with zero attached hydrogens (tertiary/aromatic N) is 3. The first-order valence-corrected chi connectivity index (χ1v) is 9.73. The van der Waals surface area contributed by atoms with Gasteiger partial charge in [0.25, 0.3) is 0 Å². The fraction of sp³-hybridized carbons (Fsp3) is 0.0385. The number of hydrazone groups is 1. The molecule has 3 heteroatoms. The molecule has 0 aliphatic carbocycles. The fourth-order valence-electron chi connectivity index (χ4n) is 3.81. The summed E-state index contributed by atoms with van der Waals surface area (Å²) in [7, 11) is 2.12. The Morgan fingerprint density at radius 3 is 1.93 bits per heavy atom. The summed E-state index contributed by atoms with van der Waals surface area (Å²) < 4.78 is 2.24. The van der Waals surface area contributed by atoms with Crippen LogP contribution >= 0.6 is 0 Å². The van der Waals surface area contributed by atoms with Crippen molar-refractivity contribution in [1.29, 1.82) is 0 Å². The van der Waals surface area contributed by atoms with Crippen molar-refractivity contribution in [2.75, 3.05) is 5.01 Å². The van der Waals surface area contributed by atoms with E-state index < -0.39 is 0 Å². The zero-order valence-corrected chi connectivity index (χ0v) is 16.2. The normalized spacial score (nSPS) is 11.5. The van der Waals surface area contributed by atoms with Gasteiger partial charge in [0.05, 0.1) is 17.6 Å². The molecule has 0 saturated carbocycles. The van der Waals surface area contributed by atoms with Crippen molar-refractivity contribution < 1.29 is 0 Å². The summed E-state index contributed by atoms with van der Waals surface area (Å²) in [4.78, 5) is 0. The van der Waals surface area contributed by atoms with Gasteiger partial charge in [-0.3, -0.25) is 0 Å². The monoisotopic (exact) mass is 375 g/mol. The second-order valence-electron chi connectivity index (χ2n) is 7.08. The van der Waals surface area contributed by atoms with Gasteiger partial charge < -0.3 is 4.57 Å². The Kier molecular flexibility index (Phi) is 4.34. The van der Waals surface area contributed by atoms with Crippen LogP contribution in [0.4, 0.5) is 11.4 Å². The standard InChI is InChI=1S/C26H21N3/c1-28-25-15-9-8-14-23(25)24-18-20(16-17-26(24)28)19-27-29(21-10-4-2-5-11-21)22-12-6-3-7-13-22/h2-19H,1H3/b27-19+. The average molecular weight is 375 g/mol. The van der Waals surface area contributed by atoms with Crippen LogP contribution in [0.1, 0.15) is 5.56 Å². The SMILES string of the molecule is Cn1c2ccccc2c2cc(/C=N/N(c3ccccc3)c3ccccc3)ccc21. The number of hydrogen-bond donors (Lipinski definition) is 0. The molecular formula is C26H21N3. The minimum Gasteiger partial charge on any atom is -0.344 e. The molecule has 4 aromatic carbocycles. The predicted molar refractivity (Wildman–Crippen MR) is 123 cm³/mol. The van der Waals surface area contributed by atoms with Crippen molar-refractivity contribution in [3.8, 4) is 0 Å². The van der Waals surface area contributed by atoms with Gasteiger partial charge in [-0.2, -0.15) is 5.10 Å². The van der Waals surface area contributed by atoms with Crippen LogP contribution in [0, 0.1) is 0 Å². The molecule has 0 saturated heterocycles. The predicted octanol–water partition coefficient (Wildman–Crippen LogP) is 6.50. The molecular weight excluding hydrogens is 354 g/mol. The van der Waals surface area contributed by atoms with E-state index >= 15 is 0 Å². The van der Waals surface area contributed by atoms with E-state index in [4.69, 9.17) is 5.10 Å². The number of para-hydroxylation sites is 3. The molecule has 29 heavy (non-hydrogen) atoms. The third kappa shape index (κ3) is 3.17. The minimum absolute atomic E-state index is 1.03. The van der Waals surface area contributed by atoms with Gasteiger partial charge in [-0.05, 0) is 48.0 Å². The Balaban J connectivity index is 1.58. The van der Waals surface area contributed by atoms with E-state index in [1.807, 2.05) is 47.6 Å². The van der Waals surface area contributed by atoms with Crippen molar-refractivity contribution >= 4 is 39.4 Å². The topological polar surface area (TPSA) is 20.5 Å². The van der Waals surface area contributed by atoms with Crippen LogP contribution in [0.2, 0.25) is 0 Å². The molecule has 0 N–H and O–H groups in total. The van der Waals surface area contributed by atoms with Gasteiger partial charge in [-0.15, -0.1) is 0 Å². The van der Waals surface area contributed by atoms with Crippen molar-refractivity contribution in [3.63, 3.8) is 0 Å². The quantitative estimate of drug-likeness (QED) is 0.259. The van der Waals surface area contributed by atoms with Crippen LogP contribution in [-0.4, -0.2) is 10.8 Å². The number of aromatic nitrogens is 1. The number of fused-ring (bicyclic) bond motifs is 3. The van der Waals surface area contributed by atoms with Crippen LogP contribution in [0.25, 0.3) is 21.8 Å². The highest BCUT2D eigenvalue weighted by Crippen LogP contribution is 2.29. The number of aryl methyl sites for hydroxylation is 1. The number of benzene rings is 4. The molecule has 0 fully saturated rings. The summed E-state index contributed by atoms with van der Waals surface area (Å²) in [6, 6.07) is 35.5. The van der Waals surface area contributed by atoms with E-state index in [1.54, 1.807) is 0 Å². The summed E-state index contributed by atoms with van der Waals surface area (Å²) in [5.74, 6) is 0. The Hall–Kier alpha value is -3.85. The highest BCUT2D eigenvalue weighted by Gasteiger charge is 2.09. The van der Waals surface area contributed by atoms with Gasteiger partial charge in [-0.1, -0.05) is 60.7 Å². The Morgan fingerprint density at radius 1 is 0.655 bits per heavy atom. The molecule has 0 aliphatic rings. The number of rotatable bonds is 4. The highest BCUT2D eigenvalue weighted by atomic mass is 15.5. The van der Waals surface area contributed by atoms with Crippen LogP contribution in [-0.2, 0) is 7.05 Å². The number of hydrogen-bond acceptors (Lipinski definition) is 2. The van der Waals surface area contributed by atoms with Gasteiger partial charge >= 0.3 is 0 Å². The van der Waals surface area contributed by atoms with Crippen LogP contribution in [0.3, 0.4) is 0 Å². The summed E-state index contributed by atoms with van der Waals surface area (Å²) >= 11 is 0. The van der Waals surface area contributed by atoms with Crippen molar-refractivity contribution in [3.05, 3.63) is 109 Å². The summed E-state index contributed by atoms with van der Waals surface area (Å²) in [6.07, 6.45) is 1.93. The lowest BCUT2D eigenvalue weighted by Gasteiger charge is -2.19. The zero-order chi connectivity index (χ0) is 19.6. The summed E-state index contributed by atoms with van der Waals surface area (Å²) in [5, 5.41) is 9.31. The molecule has 5 aromatic rings. The first-order chi connectivity index (χ1) is 14.3. The van der Waals surface area contributed by atoms with E-state index in [-0.39, 0.29) is 0 Å². The van der Waals surface area contributed by atoms with E-state index in [1.165, 1.54) is 21.8 Å². The van der Waals surface area contributed by atoms with Crippen molar-refractivity contribution in [1.82, 2.24) is 4.57 Å². The average Bonchev–Trinajstić information content (AvgIpc) is 3.07. The zero-order valence-electron chi connectivity index (χ0n) is 16.2. The molecule has 0 atom stereocenters. The largest absolute Gasteiger partial charge is 0.344 e. The van der Waals surface area contributed by atoms with Crippen LogP contribution in [0.15, 0.2) is 108 Å². The maximum atomic E-state index is 4.83. The molecule has 0 unspecified atom stereocenters. The van der Waals surface area contributed by atoms with Gasteiger partial charge in [0.2, 0.25) is 0 Å². The maximum Gasteiger partial charge on any atom is 0.0652 e. The van der Waals surface area contributed by atoms with Crippen molar-refractivity contribution in [2.45, 2.75) is 0 Å². The molecule has 140 valence electrons. The van der Waals surface area contributed by atoms with Crippen LogP contribution in [0.5, 0.6) is 0 Å². The third-order valence-electron chi connectivity index (χ3n) is 5.26. The Morgan fingerprint density at radius 2 is 1.24 bits per heavy atom. The van der Waals surface area contributed by atoms with Gasteiger partial charge in [-0.25, -0.2) is 5.01 Å². The molecule has 0 amide bonds. The van der Waals surface area contributed by atoms with E-state index in [0.717, 1.165) is 16.9 Å². The van der Waals surface area contributed by atoms with Crippen LogP contribution < -0.4 is 5.01 Å². The lowest BCUT2D eigenvalue weighted by Crippen LogP contribution is -2.09. The second kappa shape index (κ2) is 7.28. The van der Waals surface area contributed by atoms with Gasteiger partial charge in [0.15, 0.2) is 0 Å². The lowest BCUT2D eigenvalue weighted by molar-refractivity contribution is 1.01. The van der Waals surface area contributed by atoms with Crippen molar-refractivity contribution in [2.24, 2.45) is 12.1 Å². The van der Waals surface area contributed by atoms with E-state index in [2.05, 4.69) is 78.3 Å². The molecule has 0 aliphatic heterocycles. The Bertz CT molecular complexity index is 1260. The Labute approximate surface area is 170 Å². The molecule has 5 rings (SSSR count). The molecule has 0 radical (unpaired) electrons. The second-order valence-corrected chi connectivity index (χ2v) is 7.08. The molecule has 0 bridgehead atoms.